The van der Waals surface area contributed by atoms with E-state index in [4.69, 9.17) is 48.1 Å². The SMILES string of the molecule is Cc1ncsc1-c1ccc(CNC(=O)[C@@H]2C[C@@H](O)CN2C(=O)[C@@H](NC(=O)C2(F)CC2)C(C)(C)C)c(OCCOCCOCCOCCOCCOCCNc2ccc3c(-c4ccccc4CNc4nc(O[C@@H]5CCCNC5)nc5c(C(C)C)cnn45)nccc3c2)c1. The number of amides is 3. The summed E-state index contributed by atoms with van der Waals surface area (Å²) in [5.74, 6) is -0.538. The third-order valence-electron chi connectivity index (χ3n) is 16.4. The number of carbonyl (C=O) groups is 3. The number of benzene rings is 3. The van der Waals surface area contributed by atoms with Crippen LogP contribution in [0.5, 0.6) is 11.8 Å². The smallest absolute Gasteiger partial charge is 0.322 e. The number of thiazole rings is 1. The maximum absolute atomic E-state index is 14.7. The molecule has 3 aromatic carbocycles. The van der Waals surface area contributed by atoms with Gasteiger partial charge in [0.1, 0.15) is 30.5 Å². The fraction of sp³-hybridized carbons (Fsp3) is 0.522. The summed E-state index contributed by atoms with van der Waals surface area (Å²) in [5.41, 5.74) is 7.18. The van der Waals surface area contributed by atoms with Gasteiger partial charge in [-0.25, -0.2) is 9.37 Å². The second-order valence-electron chi connectivity index (χ2n) is 24.8. The topological polar surface area (TPSA) is 268 Å². The van der Waals surface area contributed by atoms with Gasteiger partial charge in [-0.1, -0.05) is 77.1 Å². The van der Waals surface area contributed by atoms with E-state index < -0.39 is 47.0 Å². The molecule has 23 nitrogen and oxygen atoms in total. The van der Waals surface area contributed by atoms with Gasteiger partial charge in [0.05, 0.1) is 100 Å². The Morgan fingerprint density at radius 2 is 1.58 bits per heavy atom. The summed E-state index contributed by atoms with van der Waals surface area (Å²) in [6.45, 7) is 18.6. The number of ether oxygens (including phenoxy) is 7. The standard InChI is InChI=1S/C67H87FN12O11S/c1-43(2)54-40-75-80-60(54)77-65(91-51-11-9-20-69-39-51)78-64(80)73-37-47-10-7-8-12-52(47)57-53-16-15-49(34-45(53)17-21-71-57)70-22-23-85-24-25-86-26-27-87-28-29-88-30-31-89-32-33-90-56-35-46(58-44(3)74-42-92-58)13-14-48(56)38-72-61(82)55-36-50(81)41-79(55)62(83)59(66(4,5)6)76-63(84)67(68)18-19-67/h7-8,10,12-17,21,34-35,40,42-43,50-51,55,59,69-70,81H,9,11,18-20,22-33,36-39,41H2,1-6H3,(H,72,82)(H,76,84)(H,73,77,78)/t50-,51-,55+,59-/m1/s1. The average Bonchev–Trinajstić information content (AvgIpc) is 1.47. The summed E-state index contributed by atoms with van der Waals surface area (Å²) >= 11 is 1.51. The predicted molar refractivity (Wildman–Crippen MR) is 349 cm³/mol. The number of carbonyl (C=O) groups excluding carboxylic acids is 3. The first kappa shape index (κ1) is 67.4. The molecule has 0 radical (unpaired) electrons. The van der Waals surface area contributed by atoms with Crippen molar-refractivity contribution in [3.05, 3.63) is 107 Å². The van der Waals surface area contributed by atoms with Crippen molar-refractivity contribution in [1.82, 2.24) is 50.4 Å². The zero-order valence-corrected chi connectivity index (χ0v) is 54.3. The maximum atomic E-state index is 14.7. The number of anilines is 2. The van der Waals surface area contributed by atoms with Crippen molar-refractivity contribution in [2.45, 2.75) is 123 Å². The first-order valence-corrected chi connectivity index (χ1v) is 32.8. The number of halogens is 1. The third kappa shape index (κ3) is 17.8. The average molecular weight is 1290 g/mol. The number of likely N-dealkylation sites (tertiary alicyclic amines) is 1. The number of nitrogens with one attached hydrogen (secondary N) is 5. The lowest BCUT2D eigenvalue weighted by molar-refractivity contribution is -0.145. The van der Waals surface area contributed by atoms with Crippen molar-refractivity contribution < 1.29 is 57.0 Å². The number of aryl methyl sites for hydroxylation is 1. The van der Waals surface area contributed by atoms with Crippen molar-refractivity contribution in [3.63, 3.8) is 0 Å². The Bertz CT molecular complexity index is 3590. The van der Waals surface area contributed by atoms with E-state index in [2.05, 4.69) is 80.8 Å². The molecular formula is C67H87FN12O11S. The van der Waals surface area contributed by atoms with Gasteiger partial charge >= 0.3 is 6.01 Å². The number of pyridine rings is 1. The van der Waals surface area contributed by atoms with Crippen molar-refractivity contribution in [2.75, 3.05) is 109 Å². The first-order valence-electron chi connectivity index (χ1n) is 31.9. The minimum absolute atomic E-state index is 0.00776. The van der Waals surface area contributed by atoms with Crippen LogP contribution in [-0.4, -0.2) is 186 Å². The van der Waals surface area contributed by atoms with E-state index >= 15 is 0 Å². The number of nitrogens with zero attached hydrogens (tertiary/aromatic N) is 7. The highest BCUT2D eigenvalue weighted by Gasteiger charge is 2.53. The fourth-order valence-corrected chi connectivity index (χ4v) is 11.9. The van der Waals surface area contributed by atoms with Crippen LogP contribution in [0.1, 0.15) is 95.0 Å². The Morgan fingerprint density at radius 1 is 0.848 bits per heavy atom. The molecule has 3 fully saturated rings. The fourth-order valence-electron chi connectivity index (χ4n) is 11.1. The van der Waals surface area contributed by atoms with Crippen LogP contribution >= 0.6 is 11.3 Å². The largest absolute Gasteiger partial charge is 0.491 e. The molecule has 2 saturated heterocycles. The lowest BCUT2D eigenvalue weighted by Crippen LogP contribution is -2.59. The van der Waals surface area contributed by atoms with E-state index in [0.717, 1.165) is 86.6 Å². The van der Waals surface area contributed by atoms with Crippen LogP contribution in [0.3, 0.4) is 0 Å². The first-order chi connectivity index (χ1) is 44.5. The molecule has 10 rings (SSSR count). The molecule has 25 heteroatoms. The Kier molecular flexibility index (Phi) is 23.4. The number of aliphatic hydroxyl groups excluding tert-OH is 1. The van der Waals surface area contributed by atoms with Crippen LogP contribution in [-0.2, 0) is 51.2 Å². The van der Waals surface area contributed by atoms with E-state index in [1.165, 1.54) is 16.2 Å². The Morgan fingerprint density at radius 3 is 2.26 bits per heavy atom. The van der Waals surface area contributed by atoms with E-state index in [-0.39, 0.29) is 57.6 Å². The second-order valence-corrected chi connectivity index (χ2v) is 25.6. The van der Waals surface area contributed by atoms with Gasteiger partial charge in [0.25, 0.3) is 5.91 Å². The van der Waals surface area contributed by atoms with Crippen LogP contribution in [0.2, 0.25) is 0 Å². The summed E-state index contributed by atoms with van der Waals surface area (Å²) in [4.78, 5) is 61.6. The number of fused-ring (bicyclic) bond motifs is 2. The van der Waals surface area contributed by atoms with Crippen LogP contribution in [0.15, 0.2) is 84.6 Å². The number of rotatable bonds is 34. The molecule has 7 aromatic rings. The van der Waals surface area contributed by atoms with Gasteiger partial charge in [0.15, 0.2) is 11.3 Å². The number of alkyl halides is 1. The molecule has 0 spiro atoms. The Labute approximate surface area is 540 Å². The minimum Gasteiger partial charge on any atom is -0.491 e. The molecule has 4 atom stereocenters. The number of aliphatic hydroxyl groups is 1. The molecule has 494 valence electrons. The molecule has 4 aromatic heterocycles. The summed E-state index contributed by atoms with van der Waals surface area (Å²) < 4.78 is 57.7. The number of hydrogen-bond acceptors (Lipinski definition) is 20. The van der Waals surface area contributed by atoms with Gasteiger partial charge in [0.2, 0.25) is 17.8 Å². The van der Waals surface area contributed by atoms with Crippen molar-refractivity contribution in [2.24, 2.45) is 5.41 Å². The summed E-state index contributed by atoms with van der Waals surface area (Å²) in [6, 6.07) is 20.6. The highest BCUT2D eigenvalue weighted by Crippen LogP contribution is 2.41. The highest BCUT2D eigenvalue weighted by molar-refractivity contribution is 7.13. The van der Waals surface area contributed by atoms with Crippen molar-refractivity contribution >= 4 is 57.1 Å². The highest BCUT2D eigenvalue weighted by atomic mass is 32.1. The van der Waals surface area contributed by atoms with Gasteiger partial charge in [-0.3, -0.25) is 19.4 Å². The van der Waals surface area contributed by atoms with Gasteiger partial charge in [0, 0.05) is 73.1 Å². The summed E-state index contributed by atoms with van der Waals surface area (Å²) in [7, 11) is 0. The van der Waals surface area contributed by atoms with Gasteiger partial charge in [-0.05, 0) is 91.3 Å². The quantitative estimate of drug-likeness (QED) is 0.0210. The van der Waals surface area contributed by atoms with Crippen LogP contribution in [0.4, 0.5) is 16.0 Å². The molecule has 6 N–H and O–H groups in total. The zero-order valence-electron chi connectivity index (χ0n) is 53.5. The van der Waals surface area contributed by atoms with Crippen molar-refractivity contribution in [1.29, 1.82) is 0 Å². The van der Waals surface area contributed by atoms with Gasteiger partial charge in [-0.15, -0.1) is 11.3 Å². The molecule has 0 bridgehead atoms. The van der Waals surface area contributed by atoms with Crippen LogP contribution < -0.4 is 36.1 Å². The summed E-state index contributed by atoms with van der Waals surface area (Å²) in [5, 5.41) is 33.4. The molecule has 0 unspecified atom stereocenters. The number of hydrogen-bond donors (Lipinski definition) is 6. The molecule has 6 heterocycles. The van der Waals surface area contributed by atoms with E-state index in [9.17, 15) is 23.9 Å². The Balaban J connectivity index is 0.587. The number of β-amino-alcohol motifs (C(OH)–C–C–N with tert-alkyl or cyclic N) is 1. The second kappa shape index (κ2) is 31.9. The third-order valence-corrected chi connectivity index (χ3v) is 17.4. The van der Waals surface area contributed by atoms with E-state index in [0.29, 0.717) is 95.8 Å². The molecular weight excluding hydrogens is 1200 g/mol. The lowest BCUT2D eigenvalue weighted by atomic mass is 9.85. The Hall–Kier alpha value is -7.49. The minimum atomic E-state index is -1.98. The lowest BCUT2D eigenvalue weighted by Gasteiger charge is -2.35. The monoisotopic (exact) mass is 1290 g/mol. The predicted octanol–water partition coefficient (Wildman–Crippen LogP) is 7.82. The molecule has 1 saturated carbocycles. The molecule has 3 amide bonds. The number of piperidine rings is 1. The zero-order chi connectivity index (χ0) is 64.6. The molecule has 2 aliphatic heterocycles. The van der Waals surface area contributed by atoms with Gasteiger partial charge in [-0.2, -0.15) is 19.6 Å². The van der Waals surface area contributed by atoms with Crippen LogP contribution in [0, 0.1) is 12.3 Å². The van der Waals surface area contributed by atoms with Crippen molar-refractivity contribution in [3.8, 4) is 33.5 Å². The summed E-state index contributed by atoms with van der Waals surface area (Å²) in [6.07, 6.45) is 4.98. The molecule has 3 aliphatic rings. The van der Waals surface area contributed by atoms with Crippen LogP contribution in [0.25, 0.3) is 38.1 Å². The van der Waals surface area contributed by atoms with Gasteiger partial charge < -0.3 is 69.7 Å². The molecule has 1 aliphatic carbocycles. The normalized spacial score (nSPS) is 17.5. The van der Waals surface area contributed by atoms with E-state index in [1.807, 2.05) is 55.7 Å². The maximum Gasteiger partial charge on any atom is 0.322 e. The molecule has 92 heavy (non-hydrogen) atoms. The van der Waals surface area contributed by atoms with E-state index in [1.54, 1.807) is 30.8 Å². The number of aromatic nitrogens is 6.